The zero-order chi connectivity index (χ0) is 11.0. The monoisotopic (exact) mass is 238 g/mol. The standard InChI is InChI=1S/C10H22N2O2.ClH/c1-10(2,3)12-8-6-5-7-11-9(13)14-4;/h12H,5-8H2,1-4H3,(H,11,13);1H. The van der Waals surface area contributed by atoms with Gasteiger partial charge in [0.05, 0.1) is 7.11 Å². The SMILES string of the molecule is COC(=O)NCCCCNC(C)(C)C.Cl. The summed E-state index contributed by atoms with van der Waals surface area (Å²) in [6, 6.07) is 0. The van der Waals surface area contributed by atoms with Gasteiger partial charge < -0.3 is 15.4 Å². The summed E-state index contributed by atoms with van der Waals surface area (Å²) in [5.41, 5.74) is 0.176. The van der Waals surface area contributed by atoms with Crippen molar-refractivity contribution < 1.29 is 9.53 Å². The van der Waals surface area contributed by atoms with Crippen LogP contribution in [0.4, 0.5) is 4.79 Å². The predicted octanol–water partition coefficient (Wildman–Crippen LogP) is 1.93. The van der Waals surface area contributed by atoms with E-state index in [0.29, 0.717) is 6.54 Å². The minimum Gasteiger partial charge on any atom is -0.453 e. The Kier molecular flexibility index (Phi) is 9.93. The van der Waals surface area contributed by atoms with Crippen LogP contribution in [0.25, 0.3) is 0 Å². The molecule has 0 spiro atoms. The summed E-state index contributed by atoms with van der Waals surface area (Å²) in [7, 11) is 1.37. The average molecular weight is 239 g/mol. The van der Waals surface area contributed by atoms with Gasteiger partial charge in [-0.25, -0.2) is 4.79 Å². The van der Waals surface area contributed by atoms with Crippen LogP contribution in [-0.2, 0) is 4.74 Å². The number of unbranched alkanes of at least 4 members (excludes halogenated alkanes) is 1. The number of hydrogen-bond acceptors (Lipinski definition) is 3. The van der Waals surface area contributed by atoms with Crippen LogP contribution in [0.3, 0.4) is 0 Å². The second kappa shape index (κ2) is 8.80. The van der Waals surface area contributed by atoms with E-state index in [0.717, 1.165) is 19.4 Å². The Labute approximate surface area is 98.6 Å². The van der Waals surface area contributed by atoms with Gasteiger partial charge in [-0.05, 0) is 40.2 Å². The Balaban J connectivity index is 0. The second-order valence-corrected chi connectivity index (χ2v) is 4.30. The molecule has 0 fully saturated rings. The molecule has 0 bridgehead atoms. The number of nitrogens with one attached hydrogen (secondary N) is 2. The van der Waals surface area contributed by atoms with Crippen molar-refractivity contribution in [2.75, 3.05) is 20.2 Å². The third-order valence-corrected chi connectivity index (χ3v) is 1.71. The zero-order valence-corrected chi connectivity index (χ0v) is 10.9. The summed E-state index contributed by atoms with van der Waals surface area (Å²) in [5, 5.41) is 6.02. The third kappa shape index (κ3) is 13.5. The normalized spacial score (nSPS) is 10.4. The van der Waals surface area contributed by atoms with E-state index < -0.39 is 0 Å². The molecule has 15 heavy (non-hydrogen) atoms. The van der Waals surface area contributed by atoms with Crippen molar-refractivity contribution in [3.05, 3.63) is 0 Å². The second-order valence-electron chi connectivity index (χ2n) is 4.30. The van der Waals surface area contributed by atoms with Crippen molar-refractivity contribution in [1.82, 2.24) is 10.6 Å². The Morgan fingerprint density at radius 1 is 1.20 bits per heavy atom. The van der Waals surface area contributed by atoms with Crippen molar-refractivity contribution in [3.8, 4) is 0 Å². The molecule has 0 aromatic carbocycles. The molecule has 92 valence electrons. The van der Waals surface area contributed by atoms with Gasteiger partial charge in [-0.1, -0.05) is 0 Å². The molecule has 0 saturated carbocycles. The molecule has 4 nitrogen and oxygen atoms in total. The molecule has 0 unspecified atom stereocenters. The molecule has 0 aromatic rings. The van der Waals surface area contributed by atoms with Crippen LogP contribution in [0.2, 0.25) is 0 Å². The number of hydrogen-bond donors (Lipinski definition) is 2. The topological polar surface area (TPSA) is 50.4 Å². The van der Waals surface area contributed by atoms with Crippen molar-refractivity contribution in [1.29, 1.82) is 0 Å². The van der Waals surface area contributed by atoms with Gasteiger partial charge in [-0.15, -0.1) is 12.4 Å². The highest BCUT2D eigenvalue weighted by Gasteiger charge is 2.06. The van der Waals surface area contributed by atoms with Gasteiger partial charge in [-0.3, -0.25) is 0 Å². The maximum Gasteiger partial charge on any atom is 0.406 e. The molecule has 0 radical (unpaired) electrons. The fraction of sp³-hybridized carbons (Fsp3) is 0.900. The van der Waals surface area contributed by atoms with Crippen LogP contribution in [-0.4, -0.2) is 31.8 Å². The summed E-state index contributed by atoms with van der Waals surface area (Å²) in [5.74, 6) is 0. The van der Waals surface area contributed by atoms with Gasteiger partial charge >= 0.3 is 6.09 Å². The number of amides is 1. The molecule has 0 aliphatic heterocycles. The zero-order valence-electron chi connectivity index (χ0n) is 10.1. The first kappa shape index (κ1) is 16.9. The summed E-state index contributed by atoms with van der Waals surface area (Å²) in [6.45, 7) is 8.07. The van der Waals surface area contributed by atoms with E-state index >= 15 is 0 Å². The van der Waals surface area contributed by atoms with E-state index in [1.165, 1.54) is 7.11 Å². The third-order valence-electron chi connectivity index (χ3n) is 1.71. The van der Waals surface area contributed by atoms with Gasteiger partial charge in [0, 0.05) is 12.1 Å². The Bertz CT molecular complexity index is 169. The number of ether oxygens (including phenoxy) is 1. The number of carbonyl (C=O) groups excluding carboxylic acids is 1. The van der Waals surface area contributed by atoms with Gasteiger partial charge in [0.1, 0.15) is 0 Å². The lowest BCUT2D eigenvalue weighted by Crippen LogP contribution is -2.36. The first-order valence-corrected chi connectivity index (χ1v) is 5.02. The smallest absolute Gasteiger partial charge is 0.406 e. The molecule has 0 aliphatic rings. The highest BCUT2D eigenvalue weighted by molar-refractivity contribution is 5.85. The molecule has 5 heteroatoms. The molecule has 0 aromatic heterocycles. The van der Waals surface area contributed by atoms with Crippen molar-refractivity contribution in [3.63, 3.8) is 0 Å². The van der Waals surface area contributed by atoms with Gasteiger partial charge in [0.25, 0.3) is 0 Å². The predicted molar refractivity (Wildman–Crippen MR) is 64.6 cm³/mol. The van der Waals surface area contributed by atoms with E-state index in [-0.39, 0.29) is 24.0 Å². The molecule has 1 amide bonds. The molecule has 0 aliphatic carbocycles. The molecule has 0 saturated heterocycles. The molecule has 0 heterocycles. The minimum absolute atomic E-state index is 0. The van der Waals surface area contributed by atoms with E-state index in [1.54, 1.807) is 0 Å². The van der Waals surface area contributed by atoms with E-state index in [9.17, 15) is 4.79 Å². The fourth-order valence-electron chi connectivity index (χ4n) is 0.976. The van der Waals surface area contributed by atoms with Crippen LogP contribution in [0.15, 0.2) is 0 Å². The van der Waals surface area contributed by atoms with E-state index in [1.807, 2.05) is 0 Å². The molecular formula is C10H23ClN2O2. The fourth-order valence-corrected chi connectivity index (χ4v) is 0.976. The number of methoxy groups -OCH3 is 1. The maximum absolute atomic E-state index is 10.7. The summed E-state index contributed by atoms with van der Waals surface area (Å²) in [4.78, 5) is 10.7. The number of carbonyl (C=O) groups is 1. The number of rotatable bonds is 5. The lowest BCUT2D eigenvalue weighted by atomic mass is 10.1. The van der Waals surface area contributed by atoms with Crippen LogP contribution in [0.1, 0.15) is 33.6 Å². The lowest BCUT2D eigenvalue weighted by molar-refractivity contribution is 0.171. The Hall–Kier alpha value is -0.480. The van der Waals surface area contributed by atoms with E-state index in [4.69, 9.17) is 0 Å². The average Bonchev–Trinajstić information content (AvgIpc) is 2.08. The maximum atomic E-state index is 10.7. The summed E-state index contributed by atoms with van der Waals surface area (Å²) < 4.78 is 4.45. The van der Waals surface area contributed by atoms with Gasteiger partial charge in [0.15, 0.2) is 0 Å². The largest absolute Gasteiger partial charge is 0.453 e. The number of alkyl carbamates (subject to hydrolysis) is 1. The Morgan fingerprint density at radius 2 is 1.73 bits per heavy atom. The number of halogens is 1. The van der Waals surface area contributed by atoms with Crippen LogP contribution >= 0.6 is 12.4 Å². The first-order chi connectivity index (χ1) is 6.45. The van der Waals surface area contributed by atoms with Crippen molar-refractivity contribution in [2.45, 2.75) is 39.2 Å². The molecule has 0 atom stereocenters. The first-order valence-electron chi connectivity index (χ1n) is 5.02. The van der Waals surface area contributed by atoms with E-state index in [2.05, 4.69) is 36.1 Å². The minimum atomic E-state index is -0.353. The van der Waals surface area contributed by atoms with Gasteiger partial charge in [-0.2, -0.15) is 0 Å². The highest BCUT2D eigenvalue weighted by Crippen LogP contribution is 1.98. The Morgan fingerprint density at radius 3 is 2.20 bits per heavy atom. The molecule has 2 N–H and O–H groups in total. The molecular weight excluding hydrogens is 216 g/mol. The lowest BCUT2D eigenvalue weighted by Gasteiger charge is -2.20. The van der Waals surface area contributed by atoms with Crippen LogP contribution < -0.4 is 10.6 Å². The van der Waals surface area contributed by atoms with Gasteiger partial charge in [0.2, 0.25) is 0 Å². The summed E-state index contributed by atoms with van der Waals surface area (Å²) >= 11 is 0. The molecule has 0 rings (SSSR count). The van der Waals surface area contributed by atoms with Crippen molar-refractivity contribution in [2.24, 2.45) is 0 Å². The van der Waals surface area contributed by atoms with Crippen molar-refractivity contribution >= 4 is 18.5 Å². The van der Waals surface area contributed by atoms with Crippen LogP contribution in [0, 0.1) is 0 Å². The summed E-state index contributed by atoms with van der Waals surface area (Å²) in [6.07, 6.45) is 1.67. The quantitative estimate of drug-likeness (QED) is 0.720. The van der Waals surface area contributed by atoms with Crippen LogP contribution in [0.5, 0.6) is 0 Å². The highest BCUT2D eigenvalue weighted by atomic mass is 35.5.